The Hall–Kier alpha value is -3.15. The second-order valence-electron chi connectivity index (χ2n) is 5.98. The van der Waals surface area contributed by atoms with Crippen molar-refractivity contribution in [1.29, 1.82) is 0 Å². The standard InChI is InChI=1S/C19H18N4O2/c1-23-17(21-22-18(23)13-5-3-2-4-6-13)12-25-15-7-8-16-14(11-15)9-10-20-19(16)24/h2-8,11H,9-10,12H2,1H3,(H,20,24). The van der Waals surface area contributed by atoms with Crippen LogP contribution in [0.4, 0.5) is 0 Å². The number of aromatic nitrogens is 3. The van der Waals surface area contributed by atoms with Crippen molar-refractivity contribution in [1.82, 2.24) is 20.1 Å². The first-order valence-corrected chi connectivity index (χ1v) is 8.20. The lowest BCUT2D eigenvalue weighted by Gasteiger charge is -2.17. The number of nitrogens with zero attached hydrogens (tertiary/aromatic N) is 3. The SMILES string of the molecule is Cn1c(COc2ccc3c(c2)CCNC3=O)nnc1-c1ccccc1. The van der Waals surface area contributed by atoms with Gasteiger partial charge in [-0.15, -0.1) is 10.2 Å². The molecule has 126 valence electrons. The van der Waals surface area contributed by atoms with Crippen LogP contribution < -0.4 is 10.1 Å². The highest BCUT2D eigenvalue weighted by atomic mass is 16.5. The molecule has 0 atom stereocenters. The molecule has 0 unspecified atom stereocenters. The summed E-state index contributed by atoms with van der Waals surface area (Å²) in [5, 5.41) is 11.3. The van der Waals surface area contributed by atoms with E-state index >= 15 is 0 Å². The molecule has 6 heteroatoms. The van der Waals surface area contributed by atoms with Crippen molar-refractivity contribution in [3.05, 3.63) is 65.5 Å². The third kappa shape index (κ3) is 2.98. The lowest BCUT2D eigenvalue weighted by Crippen LogP contribution is -2.31. The third-order valence-corrected chi connectivity index (χ3v) is 4.37. The fraction of sp³-hybridized carbons (Fsp3) is 0.211. The molecule has 1 aliphatic rings. The number of ether oxygens (including phenoxy) is 1. The van der Waals surface area contributed by atoms with Crippen LogP contribution in [0.3, 0.4) is 0 Å². The van der Waals surface area contributed by atoms with Gasteiger partial charge < -0.3 is 14.6 Å². The maximum Gasteiger partial charge on any atom is 0.251 e. The largest absolute Gasteiger partial charge is 0.486 e. The summed E-state index contributed by atoms with van der Waals surface area (Å²) in [6.45, 7) is 0.986. The molecule has 4 rings (SSSR count). The Morgan fingerprint density at radius 3 is 2.84 bits per heavy atom. The molecule has 25 heavy (non-hydrogen) atoms. The third-order valence-electron chi connectivity index (χ3n) is 4.37. The number of fused-ring (bicyclic) bond motifs is 1. The van der Waals surface area contributed by atoms with E-state index in [1.165, 1.54) is 0 Å². The summed E-state index contributed by atoms with van der Waals surface area (Å²) in [7, 11) is 1.93. The van der Waals surface area contributed by atoms with Gasteiger partial charge in [0.15, 0.2) is 11.6 Å². The van der Waals surface area contributed by atoms with E-state index in [0.717, 1.165) is 40.5 Å². The zero-order valence-corrected chi connectivity index (χ0v) is 13.9. The van der Waals surface area contributed by atoms with E-state index in [4.69, 9.17) is 4.74 Å². The van der Waals surface area contributed by atoms with E-state index < -0.39 is 0 Å². The van der Waals surface area contributed by atoms with Gasteiger partial charge in [0.1, 0.15) is 12.4 Å². The smallest absolute Gasteiger partial charge is 0.251 e. The molecule has 2 aromatic carbocycles. The molecule has 0 spiro atoms. The molecule has 1 amide bonds. The van der Waals surface area contributed by atoms with Gasteiger partial charge in [0.2, 0.25) is 0 Å². The number of hydrogen-bond acceptors (Lipinski definition) is 4. The fourth-order valence-electron chi connectivity index (χ4n) is 2.97. The van der Waals surface area contributed by atoms with E-state index in [0.29, 0.717) is 13.2 Å². The number of nitrogens with one attached hydrogen (secondary N) is 1. The highest BCUT2D eigenvalue weighted by Crippen LogP contribution is 2.22. The maximum absolute atomic E-state index is 11.8. The number of hydrogen-bond donors (Lipinski definition) is 1. The van der Waals surface area contributed by atoms with Crippen LogP contribution in [0.5, 0.6) is 5.75 Å². The second kappa shape index (κ2) is 6.39. The van der Waals surface area contributed by atoms with Crippen molar-refractivity contribution in [2.75, 3.05) is 6.54 Å². The molecule has 1 aromatic heterocycles. The van der Waals surface area contributed by atoms with Gasteiger partial charge in [-0.05, 0) is 30.2 Å². The fourth-order valence-corrected chi connectivity index (χ4v) is 2.97. The number of amides is 1. The Morgan fingerprint density at radius 1 is 1.16 bits per heavy atom. The molecule has 0 radical (unpaired) electrons. The molecule has 6 nitrogen and oxygen atoms in total. The van der Waals surface area contributed by atoms with Gasteiger partial charge in [0, 0.05) is 24.7 Å². The second-order valence-corrected chi connectivity index (χ2v) is 5.98. The first-order valence-electron chi connectivity index (χ1n) is 8.20. The summed E-state index contributed by atoms with van der Waals surface area (Å²) in [6.07, 6.45) is 0.820. The highest BCUT2D eigenvalue weighted by Gasteiger charge is 2.17. The summed E-state index contributed by atoms with van der Waals surface area (Å²) >= 11 is 0. The van der Waals surface area contributed by atoms with Crippen LogP contribution in [-0.4, -0.2) is 27.2 Å². The van der Waals surface area contributed by atoms with Gasteiger partial charge in [-0.1, -0.05) is 30.3 Å². The van der Waals surface area contributed by atoms with Crippen molar-refractivity contribution in [3.63, 3.8) is 0 Å². The summed E-state index contributed by atoms with van der Waals surface area (Å²) in [5.41, 5.74) is 2.76. The minimum atomic E-state index is -0.0198. The van der Waals surface area contributed by atoms with Gasteiger partial charge in [0.25, 0.3) is 5.91 Å². The normalized spacial score (nSPS) is 13.2. The summed E-state index contributed by atoms with van der Waals surface area (Å²) < 4.78 is 7.80. The monoisotopic (exact) mass is 334 g/mol. The quantitative estimate of drug-likeness (QED) is 0.795. The zero-order valence-electron chi connectivity index (χ0n) is 13.9. The van der Waals surface area contributed by atoms with E-state index in [-0.39, 0.29) is 5.91 Å². The van der Waals surface area contributed by atoms with Gasteiger partial charge in [-0.2, -0.15) is 0 Å². The lowest BCUT2D eigenvalue weighted by atomic mass is 10.0. The number of carbonyl (C=O) groups is 1. The van der Waals surface area contributed by atoms with Crippen LogP contribution in [0.1, 0.15) is 21.7 Å². The van der Waals surface area contributed by atoms with E-state index in [1.54, 1.807) is 0 Å². The first kappa shape index (κ1) is 15.4. The first-order chi connectivity index (χ1) is 12.2. The molecule has 1 aliphatic heterocycles. The minimum absolute atomic E-state index is 0.0198. The Balaban J connectivity index is 1.51. The van der Waals surface area contributed by atoms with Crippen LogP contribution in [0.25, 0.3) is 11.4 Å². The maximum atomic E-state index is 11.8. The van der Waals surface area contributed by atoms with Gasteiger partial charge >= 0.3 is 0 Å². The van der Waals surface area contributed by atoms with Gasteiger partial charge in [-0.3, -0.25) is 4.79 Å². The van der Waals surface area contributed by atoms with Crippen LogP contribution in [0, 0.1) is 0 Å². The molecular weight excluding hydrogens is 316 g/mol. The predicted molar refractivity (Wildman–Crippen MR) is 93.3 cm³/mol. The summed E-state index contributed by atoms with van der Waals surface area (Å²) in [4.78, 5) is 11.8. The summed E-state index contributed by atoms with van der Waals surface area (Å²) in [5.74, 6) is 2.27. The lowest BCUT2D eigenvalue weighted by molar-refractivity contribution is 0.0946. The number of carbonyl (C=O) groups excluding carboxylic acids is 1. The van der Waals surface area contributed by atoms with Crippen molar-refractivity contribution >= 4 is 5.91 Å². The molecule has 0 bridgehead atoms. The average molecular weight is 334 g/mol. The number of rotatable bonds is 4. The molecule has 1 N–H and O–H groups in total. The Morgan fingerprint density at radius 2 is 2.00 bits per heavy atom. The Kier molecular flexibility index (Phi) is 3.93. The Labute approximate surface area is 145 Å². The van der Waals surface area contributed by atoms with Crippen LogP contribution in [0.15, 0.2) is 48.5 Å². The predicted octanol–water partition coefficient (Wildman–Crippen LogP) is 2.35. The highest BCUT2D eigenvalue weighted by molar-refractivity contribution is 5.96. The molecular formula is C19H18N4O2. The average Bonchev–Trinajstić information content (AvgIpc) is 3.01. The molecule has 0 fully saturated rings. The van der Waals surface area contributed by atoms with E-state index in [1.807, 2.05) is 60.1 Å². The topological polar surface area (TPSA) is 69.0 Å². The van der Waals surface area contributed by atoms with Gasteiger partial charge in [0.05, 0.1) is 0 Å². The summed E-state index contributed by atoms with van der Waals surface area (Å²) in [6, 6.07) is 15.5. The van der Waals surface area contributed by atoms with Crippen molar-refractivity contribution < 1.29 is 9.53 Å². The molecule has 0 aliphatic carbocycles. The van der Waals surface area contributed by atoms with Crippen LogP contribution in [-0.2, 0) is 20.1 Å². The van der Waals surface area contributed by atoms with Crippen LogP contribution in [0.2, 0.25) is 0 Å². The number of benzene rings is 2. The molecule has 3 aromatic rings. The van der Waals surface area contributed by atoms with E-state index in [9.17, 15) is 4.79 Å². The molecule has 0 saturated carbocycles. The van der Waals surface area contributed by atoms with E-state index in [2.05, 4.69) is 15.5 Å². The molecule has 2 heterocycles. The Bertz CT molecular complexity index is 918. The van der Waals surface area contributed by atoms with Crippen molar-refractivity contribution in [2.45, 2.75) is 13.0 Å². The zero-order chi connectivity index (χ0) is 17.2. The van der Waals surface area contributed by atoms with Crippen LogP contribution >= 0.6 is 0 Å². The minimum Gasteiger partial charge on any atom is -0.486 e. The van der Waals surface area contributed by atoms with Gasteiger partial charge in [-0.25, -0.2) is 0 Å². The van der Waals surface area contributed by atoms with Crippen molar-refractivity contribution in [2.24, 2.45) is 7.05 Å². The van der Waals surface area contributed by atoms with Crippen molar-refractivity contribution in [3.8, 4) is 17.1 Å². The molecule has 0 saturated heterocycles.